The van der Waals surface area contributed by atoms with Gasteiger partial charge in [-0.1, -0.05) is 12.1 Å². The van der Waals surface area contributed by atoms with Crippen molar-refractivity contribution in [1.82, 2.24) is 19.0 Å². The lowest BCUT2D eigenvalue weighted by Crippen LogP contribution is -2.37. The van der Waals surface area contributed by atoms with Crippen LogP contribution in [0.4, 0.5) is 0 Å². The van der Waals surface area contributed by atoms with E-state index in [0.29, 0.717) is 56.8 Å². The Balaban J connectivity index is 1.61. The van der Waals surface area contributed by atoms with Crippen molar-refractivity contribution in [3.05, 3.63) is 41.2 Å². The van der Waals surface area contributed by atoms with Gasteiger partial charge in [0, 0.05) is 39.6 Å². The highest BCUT2D eigenvalue weighted by atomic mass is 32.2. The molecule has 30 heavy (non-hydrogen) atoms. The fourth-order valence-electron chi connectivity index (χ4n) is 3.84. The van der Waals surface area contributed by atoms with Crippen LogP contribution < -0.4 is 4.74 Å². The molecule has 0 saturated carbocycles. The molecular formula is C21H30N4O4S. The molecule has 164 valence electrons. The van der Waals surface area contributed by atoms with E-state index in [1.165, 1.54) is 4.31 Å². The largest absolute Gasteiger partial charge is 0.497 e. The molecule has 0 radical (unpaired) electrons. The molecule has 2 heterocycles. The van der Waals surface area contributed by atoms with E-state index in [2.05, 4.69) is 5.10 Å². The van der Waals surface area contributed by atoms with Crippen LogP contribution in [0.5, 0.6) is 5.75 Å². The number of carbonyl (C=O) groups excluding carboxylic acids is 1. The zero-order valence-electron chi connectivity index (χ0n) is 18.1. The maximum absolute atomic E-state index is 13.2. The van der Waals surface area contributed by atoms with Gasteiger partial charge in [0.1, 0.15) is 10.6 Å². The molecule has 8 nitrogen and oxygen atoms in total. The van der Waals surface area contributed by atoms with Crippen LogP contribution in [0.2, 0.25) is 0 Å². The van der Waals surface area contributed by atoms with Crippen LogP contribution in [0.15, 0.2) is 29.2 Å². The first-order chi connectivity index (χ1) is 14.2. The maximum atomic E-state index is 13.2. The van der Waals surface area contributed by atoms with Gasteiger partial charge < -0.3 is 9.64 Å². The number of hydrogen-bond donors (Lipinski definition) is 0. The van der Waals surface area contributed by atoms with E-state index in [1.807, 2.05) is 24.3 Å². The van der Waals surface area contributed by atoms with Crippen LogP contribution in [-0.2, 0) is 28.3 Å². The zero-order valence-corrected chi connectivity index (χ0v) is 18.9. The lowest BCUT2D eigenvalue weighted by molar-refractivity contribution is -0.131. The fraction of sp³-hybridized carbons (Fsp3) is 0.524. The van der Waals surface area contributed by atoms with Gasteiger partial charge in [0.25, 0.3) is 0 Å². The van der Waals surface area contributed by atoms with Gasteiger partial charge >= 0.3 is 0 Å². The topological polar surface area (TPSA) is 84.7 Å². The highest BCUT2D eigenvalue weighted by Crippen LogP contribution is 2.24. The Hall–Kier alpha value is -2.39. The Morgan fingerprint density at radius 3 is 2.40 bits per heavy atom. The van der Waals surface area contributed by atoms with Gasteiger partial charge in [-0.25, -0.2) is 8.42 Å². The third-order valence-electron chi connectivity index (χ3n) is 5.63. The Labute approximate surface area is 178 Å². The van der Waals surface area contributed by atoms with Crippen LogP contribution in [0, 0.1) is 13.8 Å². The van der Waals surface area contributed by atoms with Gasteiger partial charge in [-0.2, -0.15) is 9.40 Å². The van der Waals surface area contributed by atoms with Gasteiger partial charge in [-0.3, -0.25) is 9.48 Å². The monoisotopic (exact) mass is 434 g/mol. The lowest BCUT2D eigenvalue weighted by Gasteiger charge is -2.22. The van der Waals surface area contributed by atoms with Crippen molar-refractivity contribution in [3.8, 4) is 5.75 Å². The van der Waals surface area contributed by atoms with Crippen LogP contribution >= 0.6 is 0 Å². The molecule has 3 rings (SSSR count). The Bertz CT molecular complexity index is 999. The molecule has 1 amide bonds. The number of methoxy groups -OCH3 is 1. The molecule has 0 atom stereocenters. The number of rotatable bonds is 6. The van der Waals surface area contributed by atoms with Crippen LogP contribution in [-0.4, -0.2) is 66.6 Å². The second-order valence-corrected chi connectivity index (χ2v) is 9.48. The summed E-state index contributed by atoms with van der Waals surface area (Å²) in [5.41, 5.74) is 2.21. The molecule has 1 saturated heterocycles. The minimum absolute atomic E-state index is 0.0544. The highest BCUT2D eigenvalue weighted by Gasteiger charge is 2.32. The van der Waals surface area contributed by atoms with Crippen LogP contribution in [0.1, 0.15) is 29.8 Å². The average Bonchev–Trinajstić information content (AvgIpc) is 2.90. The van der Waals surface area contributed by atoms with Crippen LogP contribution in [0.3, 0.4) is 0 Å². The van der Waals surface area contributed by atoms with E-state index < -0.39 is 10.0 Å². The summed E-state index contributed by atoms with van der Waals surface area (Å²) in [7, 11) is -0.270. The third kappa shape index (κ3) is 4.67. The summed E-state index contributed by atoms with van der Waals surface area (Å²) in [5.74, 6) is 0.844. The summed E-state index contributed by atoms with van der Waals surface area (Å²) in [6, 6.07) is 7.69. The van der Waals surface area contributed by atoms with Gasteiger partial charge in [-0.15, -0.1) is 0 Å². The van der Waals surface area contributed by atoms with Gasteiger partial charge in [0.2, 0.25) is 15.9 Å². The van der Waals surface area contributed by atoms with E-state index in [1.54, 1.807) is 37.6 Å². The number of sulfonamides is 1. The van der Waals surface area contributed by atoms with Gasteiger partial charge in [0.05, 0.1) is 18.5 Å². The van der Waals surface area contributed by atoms with Gasteiger partial charge in [-0.05, 0) is 44.4 Å². The minimum Gasteiger partial charge on any atom is -0.497 e. The first-order valence-corrected chi connectivity index (χ1v) is 11.6. The number of carbonyl (C=O) groups is 1. The number of ether oxygens (including phenoxy) is 1. The summed E-state index contributed by atoms with van der Waals surface area (Å²) in [5, 5.41) is 4.24. The molecule has 1 aliphatic heterocycles. The van der Waals surface area contributed by atoms with Crippen molar-refractivity contribution in [3.63, 3.8) is 0 Å². The summed E-state index contributed by atoms with van der Waals surface area (Å²) in [4.78, 5) is 14.8. The second kappa shape index (κ2) is 9.18. The molecule has 0 aliphatic carbocycles. The van der Waals surface area contributed by atoms with Crippen molar-refractivity contribution in [2.45, 2.75) is 38.0 Å². The highest BCUT2D eigenvalue weighted by molar-refractivity contribution is 7.89. The summed E-state index contributed by atoms with van der Waals surface area (Å²) in [6.07, 6.45) is 1.67. The molecule has 0 bridgehead atoms. The first kappa shape index (κ1) is 22.3. The number of amides is 1. The van der Waals surface area contributed by atoms with E-state index in [0.717, 1.165) is 11.3 Å². The molecule has 1 fully saturated rings. The summed E-state index contributed by atoms with van der Waals surface area (Å²) >= 11 is 0. The zero-order chi connectivity index (χ0) is 21.9. The van der Waals surface area contributed by atoms with Crippen molar-refractivity contribution in [1.29, 1.82) is 0 Å². The standard InChI is InChI=1S/C21H30N4O4S/c1-16-21(17(2)23(3)22-16)30(27,28)25-13-5-12-24(14-15-25)20(26)11-8-18-6-9-19(29-4)10-7-18/h6-7,9-10H,5,8,11-15H2,1-4H3. The normalized spacial score (nSPS) is 15.8. The average molecular weight is 435 g/mol. The Morgan fingerprint density at radius 1 is 1.10 bits per heavy atom. The predicted octanol–water partition coefficient (Wildman–Crippen LogP) is 1.90. The number of aryl methyl sites for hydroxylation is 3. The molecule has 0 N–H and O–H groups in total. The molecule has 0 spiro atoms. The number of benzene rings is 1. The molecule has 1 aliphatic rings. The SMILES string of the molecule is COc1ccc(CCC(=O)N2CCCN(S(=O)(=O)c3c(C)nn(C)c3C)CC2)cc1. The van der Waals surface area contributed by atoms with Crippen molar-refractivity contribution < 1.29 is 17.9 Å². The second-order valence-electron chi connectivity index (χ2n) is 7.61. The molecule has 9 heteroatoms. The first-order valence-electron chi connectivity index (χ1n) is 10.1. The number of nitrogens with zero attached hydrogens (tertiary/aromatic N) is 4. The smallest absolute Gasteiger partial charge is 0.246 e. The maximum Gasteiger partial charge on any atom is 0.246 e. The van der Waals surface area contributed by atoms with Crippen molar-refractivity contribution in [2.75, 3.05) is 33.3 Å². The number of aromatic nitrogens is 2. The molecule has 1 aromatic carbocycles. The summed E-state index contributed by atoms with van der Waals surface area (Å²) < 4.78 is 34.6. The third-order valence-corrected chi connectivity index (χ3v) is 7.79. The van der Waals surface area contributed by atoms with E-state index in [-0.39, 0.29) is 10.8 Å². The fourth-order valence-corrected chi connectivity index (χ4v) is 5.71. The van der Waals surface area contributed by atoms with Crippen molar-refractivity contribution >= 4 is 15.9 Å². The Kier molecular flexibility index (Phi) is 6.82. The van der Waals surface area contributed by atoms with E-state index in [4.69, 9.17) is 4.74 Å². The molecule has 2 aromatic rings. The minimum atomic E-state index is -3.64. The quantitative estimate of drug-likeness (QED) is 0.693. The Morgan fingerprint density at radius 2 is 1.80 bits per heavy atom. The molecule has 0 unspecified atom stereocenters. The van der Waals surface area contributed by atoms with Crippen LogP contribution in [0.25, 0.3) is 0 Å². The van der Waals surface area contributed by atoms with E-state index >= 15 is 0 Å². The predicted molar refractivity (Wildman–Crippen MR) is 114 cm³/mol. The van der Waals surface area contributed by atoms with E-state index in [9.17, 15) is 13.2 Å². The molecule has 1 aromatic heterocycles. The van der Waals surface area contributed by atoms with Gasteiger partial charge in [0.15, 0.2) is 0 Å². The lowest BCUT2D eigenvalue weighted by atomic mass is 10.1. The number of hydrogen-bond acceptors (Lipinski definition) is 5. The summed E-state index contributed by atoms with van der Waals surface area (Å²) in [6.45, 7) is 5.15. The van der Waals surface area contributed by atoms with Crippen molar-refractivity contribution in [2.24, 2.45) is 7.05 Å². The molecular weight excluding hydrogens is 404 g/mol.